The van der Waals surface area contributed by atoms with Crippen LogP contribution in [0.5, 0.6) is 0 Å². The van der Waals surface area contributed by atoms with E-state index < -0.39 is 0 Å². The van der Waals surface area contributed by atoms with Gasteiger partial charge in [-0.2, -0.15) is 5.10 Å². The number of aliphatic hydroxyl groups is 1. The SMILES string of the molecule is Cn1cc(CO)c(-c2ccc(F)cc2)n1. The van der Waals surface area contributed by atoms with Crippen molar-refractivity contribution in [3.63, 3.8) is 0 Å². The molecule has 0 fully saturated rings. The average molecular weight is 206 g/mol. The number of hydrogen-bond donors (Lipinski definition) is 1. The normalized spacial score (nSPS) is 10.6. The van der Waals surface area contributed by atoms with Gasteiger partial charge in [0.15, 0.2) is 0 Å². The number of aromatic nitrogens is 2. The summed E-state index contributed by atoms with van der Waals surface area (Å²) in [6.45, 7) is -0.0689. The van der Waals surface area contributed by atoms with Crippen molar-refractivity contribution in [2.75, 3.05) is 0 Å². The van der Waals surface area contributed by atoms with Gasteiger partial charge >= 0.3 is 0 Å². The van der Waals surface area contributed by atoms with Crippen LogP contribution in [0.25, 0.3) is 11.3 Å². The van der Waals surface area contributed by atoms with E-state index in [0.29, 0.717) is 5.69 Å². The highest BCUT2D eigenvalue weighted by molar-refractivity contribution is 5.62. The van der Waals surface area contributed by atoms with Crippen molar-refractivity contribution >= 4 is 0 Å². The Balaban J connectivity index is 2.48. The maximum atomic E-state index is 12.7. The molecule has 3 nitrogen and oxygen atoms in total. The molecule has 2 rings (SSSR count). The number of aliphatic hydroxyl groups excluding tert-OH is 1. The van der Waals surface area contributed by atoms with Crippen LogP contribution in [0.3, 0.4) is 0 Å². The Labute approximate surface area is 86.8 Å². The highest BCUT2D eigenvalue weighted by Gasteiger charge is 2.08. The molecule has 0 saturated carbocycles. The van der Waals surface area contributed by atoms with Crippen molar-refractivity contribution in [2.24, 2.45) is 7.05 Å². The number of benzene rings is 1. The van der Waals surface area contributed by atoms with E-state index in [9.17, 15) is 4.39 Å². The van der Waals surface area contributed by atoms with Crippen molar-refractivity contribution in [1.29, 1.82) is 0 Å². The molecule has 0 aliphatic heterocycles. The monoisotopic (exact) mass is 206 g/mol. The predicted octanol–water partition coefficient (Wildman–Crippen LogP) is 1.72. The Kier molecular flexibility index (Phi) is 2.51. The standard InChI is InChI=1S/C11H11FN2O/c1-14-6-9(7-15)11(13-14)8-2-4-10(12)5-3-8/h2-6,15H,7H2,1H3. The summed E-state index contributed by atoms with van der Waals surface area (Å²) in [4.78, 5) is 0. The molecule has 0 atom stereocenters. The van der Waals surface area contributed by atoms with E-state index in [0.717, 1.165) is 11.1 Å². The molecule has 0 spiro atoms. The second kappa shape index (κ2) is 3.82. The fourth-order valence-corrected chi connectivity index (χ4v) is 1.50. The van der Waals surface area contributed by atoms with Crippen LogP contribution >= 0.6 is 0 Å². The van der Waals surface area contributed by atoms with Crippen LogP contribution in [0.2, 0.25) is 0 Å². The molecule has 1 aromatic heterocycles. The Bertz CT molecular complexity index is 462. The van der Waals surface area contributed by atoms with Crippen LogP contribution in [-0.4, -0.2) is 14.9 Å². The molecule has 1 heterocycles. The molecule has 2 aromatic rings. The summed E-state index contributed by atoms with van der Waals surface area (Å²) in [5, 5.41) is 13.3. The highest BCUT2D eigenvalue weighted by atomic mass is 19.1. The fourth-order valence-electron chi connectivity index (χ4n) is 1.50. The summed E-state index contributed by atoms with van der Waals surface area (Å²) < 4.78 is 14.3. The molecule has 4 heteroatoms. The molecule has 0 saturated heterocycles. The number of nitrogens with zero attached hydrogens (tertiary/aromatic N) is 2. The van der Waals surface area contributed by atoms with Crippen LogP contribution in [0.15, 0.2) is 30.5 Å². The third kappa shape index (κ3) is 1.89. The van der Waals surface area contributed by atoms with Crippen molar-refractivity contribution < 1.29 is 9.50 Å². The van der Waals surface area contributed by atoms with E-state index in [1.54, 1.807) is 30.1 Å². The Morgan fingerprint density at radius 3 is 2.60 bits per heavy atom. The maximum Gasteiger partial charge on any atom is 0.123 e. The summed E-state index contributed by atoms with van der Waals surface area (Å²) in [5.74, 6) is -0.278. The van der Waals surface area contributed by atoms with E-state index >= 15 is 0 Å². The molecule has 1 aromatic carbocycles. The molecule has 78 valence electrons. The molecule has 0 radical (unpaired) electrons. The molecular formula is C11H11FN2O. The van der Waals surface area contributed by atoms with Crippen molar-refractivity contribution in [3.8, 4) is 11.3 Å². The van der Waals surface area contributed by atoms with E-state index in [1.807, 2.05) is 0 Å². The van der Waals surface area contributed by atoms with Gasteiger partial charge in [-0.1, -0.05) is 0 Å². The topological polar surface area (TPSA) is 38.0 Å². The average Bonchev–Trinajstić information content (AvgIpc) is 2.61. The smallest absolute Gasteiger partial charge is 0.123 e. The molecule has 0 aliphatic rings. The van der Waals surface area contributed by atoms with Crippen molar-refractivity contribution in [3.05, 3.63) is 41.8 Å². The number of rotatable bonds is 2. The molecule has 0 bridgehead atoms. The highest BCUT2D eigenvalue weighted by Crippen LogP contribution is 2.21. The fraction of sp³-hybridized carbons (Fsp3) is 0.182. The molecular weight excluding hydrogens is 195 g/mol. The lowest BCUT2D eigenvalue weighted by atomic mass is 10.1. The summed E-state index contributed by atoms with van der Waals surface area (Å²) in [7, 11) is 1.78. The van der Waals surface area contributed by atoms with Gasteiger partial charge in [0, 0.05) is 24.4 Å². The first-order valence-electron chi connectivity index (χ1n) is 4.60. The Morgan fingerprint density at radius 2 is 2.00 bits per heavy atom. The van der Waals surface area contributed by atoms with Crippen molar-refractivity contribution in [2.45, 2.75) is 6.61 Å². The van der Waals surface area contributed by atoms with Gasteiger partial charge in [-0.15, -0.1) is 0 Å². The van der Waals surface area contributed by atoms with Crippen molar-refractivity contribution in [1.82, 2.24) is 9.78 Å². The van der Waals surface area contributed by atoms with Crippen LogP contribution in [0, 0.1) is 5.82 Å². The van der Waals surface area contributed by atoms with E-state index in [1.165, 1.54) is 12.1 Å². The minimum Gasteiger partial charge on any atom is -0.392 e. The summed E-state index contributed by atoms with van der Waals surface area (Å²) >= 11 is 0. The lowest BCUT2D eigenvalue weighted by Crippen LogP contribution is -1.88. The van der Waals surface area contributed by atoms with Crippen LogP contribution in [-0.2, 0) is 13.7 Å². The number of halogens is 1. The van der Waals surface area contributed by atoms with E-state index in [2.05, 4.69) is 5.10 Å². The van der Waals surface area contributed by atoms with Gasteiger partial charge in [0.1, 0.15) is 5.82 Å². The molecule has 15 heavy (non-hydrogen) atoms. The molecule has 1 N–H and O–H groups in total. The molecule has 0 amide bonds. The van der Waals surface area contributed by atoms with Gasteiger partial charge in [-0.3, -0.25) is 4.68 Å². The number of aryl methyl sites for hydroxylation is 1. The quantitative estimate of drug-likeness (QED) is 0.812. The van der Waals surface area contributed by atoms with Gasteiger partial charge < -0.3 is 5.11 Å². The third-order valence-corrected chi connectivity index (χ3v) is 2.19. The maximum absolute atomic E-state index is 12.7. The van der Waals surface area contributed by atoms with Crippen LogP contribution < -0.4 is 0 Å². The minimum atomic E-state index is -0.278. The second-order valence-corrected chi connectivity index (χ2v) is 3.34. The van der Waals surface area contributed by atoms with Crippen LogP contribution in [0.4, 0.5) is 4.39 Å². The van der Waals surface area contributed by atoms with Gasteiger partial charge in [-0.25, -0.2) is 4.39 Å². The van der Waals surface area contributed by atoms with Gasteiger partial charge in [-0.05, 0) is 24.3 Å². The zero-order valence-corrected chi connectivity index (χ0v) is 8.31. The van der Waals surface area contributed by atoms with Gasteiger partial charge in [0.05, 0.1) is 12.3 Å². The second-order valence-electron chi connectivity index (χ2n) is 3.34. The van der Waals surface area contributed by atoms with Gasteiger partial charge in [0.25, 0.3) is 0 Å². The predicted molar refractivity (Wildman–Crippen MR) is 54.5 cm³/mol. The first kappa shape index (κ1) is 9.86. The van der Waals surface area contributed by atoms with E-state index in [-0.39, 0.29) is 12.4 Å². The first-order valence-corrected chi connectivity index (χ1v) is 4.60. The lowest BCUT2D eigenvalue weighted by molar-refractivity contribution is 0.282. The van der Waals surface area contributed by atoms with Gasteiger partial charge in [0.2, 0.25) is 0 Å². The van der Waals surface area contributed by atoms with E-state index in [4.69, 9.17) is 5.11 Å². The first-order chi connectivity index (χ1) is 7.20. The zero-order chi connectivity index (χ0) is 10.8. The molecule has 0 aliphatic carbocycles. The Hall–Kier alpha value is -1.68. The third-order valence-electron chi connectivity index (χ3n) is 2.19. The number of hydrogen-bond acceptors (Lipinski definition) is 2. The Morgan fingerprint density at radius 1 is 1.33 bits per heavy atom. The zero-order valence-electron chi connectivity index (χ0n) is 8.31. The van der Waals surface area contributed by atoms with Crippen LogP contribution in [0.1, 0.15) is 5.56 Å². The molecule has 0 unspecified atom stereocenters. The lowest BCUT2D eigenvalue weighted by Gasteiger charge is -1.98. The summed E-state index contributed by atoms with van der Waals surface area (Å²) in [5.41, 5.74) is 2.24. The summed E-state index contributed by atoms with van der Waals surface area (Å²) in [6, 6.07) is 6.06. The minimum absolute atomic E-state index is 0.0689. The summed E-state index contributed by atoms with van der Waals surface area (Å²) in [6.07, 6.45) is 1.75. The largest absolute Gasteiger partial charge is 0.392 e.